The molecule has 1 aliphatic rings. The summed E-state index contributed by atoms with van der Waals surface area (Å²) in [4.78, 5) is 12.1. The van der Waals surface area contributed by atoms with Crippen molar-refractivity contribution in [2.75, 3.05) is 66.1 Å². The molecule has 0 spiro atoms. The van der Waals surface area contributed by atoms with Crippen LogP contribution in [0, 0.1) is 0 Å². The van der Waals surface area contributed by atoms with Gasteiger partial charge in [-0.25, -0.2) is 0 Å². The number of rotatable bonds is 31. The molecule has 0 radical (unpaired) electrons. The van der Waals surface area contributed by atoms with E-state index in [1.807, 2.05) is 0 Å². The first kappa shape index (κ1) is 39.2. The highest BCUT2D eigenvalue weighted by molar-refractivity contribution is 5.69. The van der Waals surface area contributed by atoms with E-state index in [9.17, 15) is 15.0 Å². The molecule has 250 valence electrons. The van der Waals surface area contributed by atoms with Gasteiger partial charge in [-0.3, -0.25) is 4.79 Å². The van der Waals surface area contributed by atoms with Crippen LogP contribution in [0.5, 0.6) is 0 Å². The summed E-state index contributed by atoms with van der Waals surface area (Å²) < 4.78 is 34.0. The maximum atomic E-state index is 12.1. The molecule has 1 aliphatic heterocycles. The van der Waals surface area contributed by atoms with Gasteiger partial charge in [-0.15, -0.1) is 0 Å². The van der Waals surface area contributed by atoms with Crippen molar-refractivity contribution in [2.45, 2.75) is 134 Å². The van der Waals surface area contributed by atoms with Crippen LogP contribution < -0.4 is 0 Å². The van der Waals surface area contributed by atoms with E-state index in [2.05, 4.69) is 6.92 Å². The van der Waals surface area contributed by atoms with Crippen molar-refractivity contribution >= 4 is 5.97 Å². The quantitative estimate of drug-likeness (QED) is 0.0773. The van der Waals surface area contributed by atoms with Crippen LogP contribution in [0.2, 0.25) is 0 Å². The lowest BCUT2D eigenvalue weighted by atomic mass is 10.0. The van der Waals surface area contributed by atoms with Crippen LogP contribution in [0.3, 0.4) is 0 Å². The second-order valence-electron chi connectivity index (χ2n) is 11.1. The topological polar surface area (TPSA) is 133 Å². The highest BCUT2D eigenvalue weighted by Gasteiger charge is 2.44. The Kier molecular flexibility index (Phi) is 26.9. The highest BCUT2D eigenvalue weighted by atomic mass is 16.6. The second kappa shape index (κ2) is 28.9. The van der Waals surface area contributed by atoms with E-state index in [0.717, 1.165) is 12.8 Å². The molecular weight excluding hydrogens is 544 g/mol. The molecule has 10 heteroatoms. The number of carbonyl (C=O) groups is 1. The lowest BCUT2D eigenvalue weighted by Gasteiger charge is -2.29. The van der Waals surface area contributed by atoms with Gasteiger partial charge in [-0.05, 0) is 6.42 Å². The number of hydrogen-bond donors (Lipinski definition) is 3. The monoisotopic (exact) mass is 606 g/mol. The molecule has 0 bridgehead atoms. The standard InChI is InChI=1S/C32H62O10/c1-2-3-4-5-6-7-8-9-10-11-12-13-14-15-16-17-30(36)40-25-24-37-26-28(38-21-18-33)32-31(41-23-20-35)29(27-42-32)39-22-19-34/h28-29,31-35H,2-27H2,1H3/t28-,29-,31+,32-/m1/s1. The zero-order chi connectivity index (χ0) is 30.5. The van der Waals surface area contributed by atoms with Gasteiger partial charge in [0.15, 0.2) is 0 Å². The summed E-state index contributed by atoms with van der Waals surface area (Å²) in [7, 11) is 0. The summed E-state index contributed by atoms with van der Waals surface area (Å²) in [6.07, 6.45) is 17.7. The van der Waals surface area contributed by atoms with Gasteiger partial charge in [0.05, 0.1) is 59.5 Å². The molecule has 0 saturated carbocycles. The largest absolute Gasteiger partial charge is 0.463 e. The molecule has 0 aliphatic carbocycles. The van der Waals surface area contributed by atoms with Gasteiger partial charge in [0.25, 0.3) is 0 Å². The van der Waals surface area contributed by atoms with Gasteiger partial charge in [0, 0.05) is 6.42 Å². The number of ether oxygens (including phenoxy) is 6. The van der Waals surface area contributed by atoms with Crippen molar-refractivity contribution in [1.29, 1.82) is 0 Å². The fourth-order valence-electron chi connectivity index (χ4n) is 5.23. The van der Waals surface area contributed by atoms with E-state index in [-0.39, 0.29) is 72.0 Å². The molecule has 1 saturated heterocycles. The van der Waals surface area contributed by atoms with Crippen molar-refractivity contribution in [2.24, 2.45) is 0 Å². The van der Waals surface area contributed by atoms with Crippen molar-refractivity contribution < 1.29 is 48.5 Å². The minimum atomic E-state index is -0.556. The Bertz CT molecular complexity index is 594. The van der Waals surface area contributed by atoms with E-state index >= 15 is 0 Å². The second-order valence-corrected chi connectivity index (χ2v) is 11.1. The Morgan fingerprint density at radius 1 is 0.714 bits per heavy atom. The Balaban J connectivity index is 2.10. The summed E-state index contributed by atoms with van der Waals surface area (Å²) >= 11 is 0. The van der Waals surface area contributed by atoms with Crippen LogP contribution in [0.4, 0.5) is 0 Å². The van der Waals surface area contributed by atoms with Crippen molar-refractivity contribution in [1.82, 2.24) is 0 Å². The van der Waals surface area contributed by atoms with E-state index in [1.54, 1.807) is 0 Å². The molecule has 1 fully saturated rings. The molecule has 4 atom stereocenters. The Hall–Kier alpha value is -0.850. The fourth-order valence-corrected chi connectivity index (χ4v) is 5.23. The van der Waals surface area contributed by atoms with Crippen LogP contribution in [0.15, 0.2) is 0 Å². The number of carbonyl (C=O) groups excluding carboxylic acids is 1. The summed E-state index contributed by atoms with van der Waals surface area (Å²) in [5, 5.41) is 27.5. The smallest absolute Gasteiger partial charge is 0.305 e. The third kappa shape index (κ3) is 20.2. The Morgan fingerprint density at radius 2 is 1.26 bits per heavy atom. The number of hydrogen-bond acceptors (Lipinski definition) is 10. The van der Waals surface area contributed by atoms with Gasteiger partial charge in [-0.1, -0.05) is 96.8 Å². The molecule has 10 nitrogen and oxygen atoms in total. The van der Waals surface area contributed by atoms with E-state index < -0.39 is 24.4 Å². The maximum absolute atomic E-state index is 12.1. The van der Waals surface area contributed by atoms with E-state index in [4.69, 9.17) is 33.5 Å². The lowest BCUT2D eigenvalue weighted by molar-refractivity contribution is -0.149. The molecule has 0 amide bonds. The first-order valence-corrected chi connectivity index (χ1v) is 16.7. The van der Waals surface area contributed by atoms with Gasteiger partial charge in [0.2, 0.25) is 0 Å². The molecular formula is C32H62O10. The van der Waals surface area contributed by atoms with Gasteiger partial charge < -0.3 is 43.7 Å². The Labute approximate surface area is 254 Å². The SMILES string of the molecule is CCCCCCCCCCCCCCCCCC(=O)OCCOC[C@@H](OCCO)[C@H]1OC[C@@H](OCCO)[C@@H]1OCCO. The molecule has 0 unspecified atom stereocenters. The molecule has 0 aromatic rings. The zero-order valence-electron chi connectivity index (χ0n) is 26.4. The van der Waals surface area contributed by atoms with E-state index in [1.165, 1.54) is 83.5 Å². The highest BCUT2D eigenvalue weighted by Crippen LogP contribution is 2.25. The van der Waals surface area contributed by atoms with Crippen LogP contribution in [0.1, 0.15) is 110 Å². The molecule has 1 heterocycles. The number of unbranched alkanes of at least 4 members (excludes halogenated alkanes) is 14. The number of aliphatic hydroxyl groups is 3. The molecule has 1 rings (SSSR count). The summed E-state index contributed by atoms with van der Waals surface area (Å²) in [6.45, 7) is 2.92. The van der Waals surface area contributed by atoms with Crippen LogP contribution in [0.25, 0.3) is 0 Å². The number of esters is 1. The number of aliphatic hydroxyl groups excluding tert-OH is 3. The predicted octanol–water partition coefficient (Wildman–Crippen LogP) is 4.34. The third-order valence-corrected chi connectivity index (χ3v) is 7.51. The van der Waals surface area contributed by atoms with Crippen molar-refractivity contribution in [3.05, 3.63) is 0 Å². The molecule has 0 aromatic carbocycles. The maximum Gasteiger partial charge on any atom is 0.305 e. The lowest BCUT2D eigenvalue weighted by Crippen LogP contribution is -2.45. The minimum absolute atomic E-state index is 0.0943. The fraction of sp³-hybridized carbons (Fsp3) is 0.969. The molecule has 0 aromatic heterocycles. The van der Waals surface area contributed by atoms with Crippen LogP contribution in [-0.2, 0) is 33.2 Å². The third-order valence-electron chi connectivity index (χ3n) is 7.51. The first-order valence-electron chi connectivity index (χ1n) is 16.7. The van der Waals surface area contributed by atoms with Crippen molar-refractivity contribution in [3.8, 4) is 0 Å². The summed E-state index contributed by atoms with van der Waals surface area (Å²) in [6, 6.07) is 0. The minimum Gasteiger partial charge on any atom is -0.463 e. The van der Waals surface area contributed by atoms with Gasteiger partial charge in [0.1, 0.15) is 31.0 Å². The normalized spacial score (nSPS) is 19.4. The van der Waals surface area contributed by atoms with Gasteiger partial charge in [-0.2, -0.15) is 0 Å². The Morgan fingerprint density at radius 3 is 1.83 bits per heavy atom. The average Bonchev–Trinajstić information content (AvgIpc) is 3.40. The zero-order valence-corrected chi connectivity index (χ0v) is 26.4. The first-order chi connectivity index (χ1) is 20.7. The van der Waals surface area contributed by atoms with Crippen LogP contribution in [-0.4, -0.2) is 112 Å². The van der Waals surface area contributed by atoms with Crippen LogP contribution >= 0.6 is 0 Å². The molecule has 3 N–H and O–H groups in total. The molecule has 42 heavy (non-hydrogen) atoms. The van der Waals surface area contributed by atoms with Gasteiger partial charge >= 0.3 is 5.97 Å². The summed E-state index contributed by atoms with van der Waals surface area (Å²) in [5.74, 6) is -0.207. The predicted molar refractivity (Wildman–Crippen MR) is 162 cm³/mol. The van der Waals surface area contributed by atoms with Crippen molar-refractivity contribution in [3.63, 3.8) is 0 Å². The van der Waals surface area contributed by atoms with E-state index in [0.29, 0.717) is 6.42 Å². The summed E-state index contributed by atoms with van der Waals surface area (Å²) in [5.41, 5.74) is 0. The average molecular weight is 607 g/mol.